The van der Waals surface area contributed by atoms with Gasteiger partial charge in [0, 0.05) is 19.0 Å². The Morgan fingerprint density at radius 1 is 1.33 bits per heavy atom. The molecule has 0 saturated carbocycles. The third-order valence-electron chi connectivity index (χ3n) is 1.85. The number of imide groups is 1. The van der Waals surface area contributed by atoms with E-state index in [1.165, 1.54) is 4.90 Å². The number of carbonyl (C=O) groups excluding carboxylic acids is 2. The number of nitrogens with one attached hydrogen (secondary N) is 1. The maximum absolute atomic E-state index is 11.3. The Labute approximate surface area is 71.9 Å². The van der Waals surface area contributed by atoms with Crippen molar-refractivity contribution in [3.8, 4) is 0 Å². The fourth-order valence-electron chi connectivity index (χ4n) is 1.31. The van der Waals surface area contributed by atoms with Gasteiger partial charge >= 0.3 is 0 Å². The average Bonchev–Trinajstić information content (AvgIpc) is 2.11. The fourth-order valence-corrected chi connectivity index (χ4v) is 1.31. The molecule has 1 aliphatic heterocycles. The van der Waals surface area contributed by atoms with Crippen LogP contribution in [-0.2, 0) is 9.59 Å². The molecule has 2 amide bonds. The predicted molar refractivity (Wildman–Crippen MR) is 44.5 cm³/mol. The topological polar surface area (TPSA) is 49.4 Å². The fraction of sp³-hybridized carbons (Fsp3) is 0.750. The molecule has 1 N–H and O–H groups in total. The highest BCUT2D eigenvalue weighted by Crippen LogP contribution is 2.04. The second-order valence-electron chi connectivity index (χ2n) is 3.18. The summed E-state index contributed by atoms with van der Waals surface area (Å²) in [6.45, 7) is 4.58. The summed E-state index contributed by atoms with van der Waals surface area (Å²) in [6, 6.07) is -0.0232. The predicted octanol–water partition coefficient (Wildman–Crippen LogP) is -0.257. The van der Waals surface area contributed by atoms with Gasteiger partial charge in [-0.3, -0.25) is 14.5 Å². The van der Waals surface area contributed by atoms with Crippen molar-refractivity contribution in [2.24, 2.45) is 0 Å². The third-order valence-corrected chi connectivity index (χ3v) is 1.85. The van der Waals surface area contributed by atoms with E-state index < -0.39 is 0 Å². The van der Waals surface area contributed by atoms with E-state index in [9.17, 15) is 9.59 Å². The molecule has 0 spiro atoms. The Morgan fingerprint density at radius 3 is 2.58 bits per heavy atom. The first-order chi connectivity index (χ1) is 5.63. The Bertz CT molecular complexity index is 183. The first-order valence-electron chi connectivity index (χ1n) is 4.18. The number of nitrogens with zero attached hydrogens (tertiary/aromatic N) is 1. The minimum atomic E-state index is -0.118. The summed E-state index contributed by atoms with van der Waals surface area (Å²) < 4.78 is 0. The van der Waals surface area contributed by atoms with E-state index in [1.807, 2.05) is 13.8 Å². The second kappa shape index (κ2) is 3.67. The van der Waals surface area contributed by atoms with E-state index in [0.717, 1.165) is 0 Å². The summed E-state index contributed by atoms with van der Waals surface area (Å²) in [7, 11) is 0. The van der Waals surface area contributed by atoms with Crippen molar-refractivity contribution in [2.75, 3.05) is 13.1 Å². The van der Waals surface area contributed by atoms with Crippen molar-refractivity contribution in [1.82, 2.24) is 10.2 Å². The van der Waals surface area contributed by atoms with Gasteiger partial charge in [0.25, 0.3) is 0 Å². The summed E-state index contributed by atoms with van der Waals surface area (Å²) in [4.78, 5) is 24.0. The summed E-state index contributed by atoms with van der Waals surface area (Å²) >= 11 is 0. The zero-order chi connectivity index (χ0) is 9.14. The van der Waals surface area contributed by atoms with Crippen LogP contribution in [0.25, 0.3) is 0 Å². The summed E-state index contributed by atoms with van der Waals surface area (Å²) in [5.41, 5.74) is 0. The number of hydrogen-bond acceptors (Lipinski definition) is 3. The molecule has 68 valence electrons. The number of amides is 2. The van der Waals surface area contributed by atoms with Crippen molar-refractivity contribution in [2.45, 2.75) is 26.3 Å². The van der Waals surface area contributed by atoms with Crippen LogP contribution in [0.15, 0.2) is 0 Å². The third kappa shape index (κ3) is 1.82. The van der Waals surface area contributed by atoms with Crippen LogP contribution in [0.4, 0.5) is 0 Å². The molecule has 1 heterocycles. The van der Waals surface area contributed by atoms with Gasteiger partial charge in [-0.25, -0.2) is 0 Å². The molecule has 0 aliphatic carbocycles. The van der Waals surface area contributed by atoms with Crippen molar-refractivity contribution >= 4 is 11.8 Å². The number of carbonyl (C=O) groups is 2. The Kier molecular flexibility index (Phi) is 2.81. The lowest BCUT2D eigenvalue weighted by Gasteiger charge is -2.22. The highest BCUT2D eigenvalue weighted by molar-refractivity contribution is 5.97. The SMILES string of the molecule is CC(C)N1C(=O)CCNCC1=O. The monoisotopic (exact) mass is 170 g/mol. The summed E-state index contributed by atoms with van der Waals surface area (Å²) in [6.07, 6.45) is 0.421. The molecule has 0 aromatic heterocycles. The van der Waals surface area contributed by atoms with Crippen molar-refractivity contribution in [3.05, 3.63) is 0 Å². The Balaban J connectivity index is 2.75. The van der Waals surface area contributed by atoms with E-state index in [1.54, 1.807) is 0 Å². The minimum Gasteiger partial charge on any atom is -0.308 e. The first kappa shape index (κ1) is 9.19. The van der Waals surface area contributed by atoms with Crippen LogP contribution < -0.4 is 5.32 Å². The molecule has 0 unspecified atom stereocenters. The van der Waals surface area contributed by atoms with Gasteiger partial charge in [-0.15, -0.1) is 0 Å². The van der Waals surface area contributed by atoms with Crippen LogP contribution in [0.2, 0.25) is 0 Å². The van der Waals surface area contributed by atoms with E-state index in [2.05, 4.69) is 5.32 Å². The summed E-state index contributed by atoms with van der Waals surface area (Å²) in [5, 5.41) is 2.90. The van der Waals surface area contributed by atoms with Gasteiger partial charge in [0.1, 0.15) is 0 Å². The lowest BCUT2D eigenvalue weighted by atomic mass is 10.3. The maximum atomic E-state index is 11.3. The quantitative estimate of drug-likeness (QED) is 0.552. The highest BCUT2D eigenvalue weighted by atomic mass is 16.2. The van der Waals surface area contributed by atoms with Gasteiger partial charge in [0.2, 0.25) is 11.8 Å². The molecule has 0 aromatic rings. The van der Waals surface area contributed by atoms with Crippen molar-refractivity contribution in [1.29, 1.82) is 0 Å². The smallest absolute Gasteiger partial charge is 0.243 e. The van der Waals surface area contributed by atoms with Crippen LogP contribution >= 0.6 is 0 Å². The van der Waals surface area contributed by atoms with Gasteiger partial charge in [-0.05, 0) is 13.8 Å². The van der Waals surface area contributed by atoms with Gasteiger partial charge in [-0.1, -0.05) is 0 Å². The molecule has 4 heteroatoms. The zero-order valence-electron chi connectivity index (χ0n) is 7.46. The average molecular weight is 170 g/mol. The molecule has 0 bridgehead atoms. The first-order valence-corrected chi connectivity index (χ1v) is 4.18. The number of rotatable bonds is 1. The van der Waals surface area contributed by atoms with E-state index in [-0.39, 0.29) is 24.4 Å². The van der Waals surface area contributed by atoms with Crippen molar-refractivity contribution < 1.29 is 9.59 Å². The molecule has 4 nitrogen and oxygen atoms in total. The van der Waals surface area contributed by atoms with Crippen LogP contribution in [0.3, 0.4) is 0 Å². The van der Waals surface area contributed by atoms with Crippen LogP contribution in [0.1, 0.15) is 20.3 Å². The van der Waals surface area contributed by atoms with Gasteiger partial charge < -0.3 is 5.32 Å². The van der Waals surface area contributed by atoms with Crippen molar-refractivity contribution in [3.63, 3.8) is 0 Å². The normalized spacial score (nSPS) is 20.1. The maximum Gasteiger partial charge on any atom is 0.243 e. The van der Waals surface area contributed by atoms with E-state index in [0.29, 0.717) is 13.0 Å². The molecule has 0 atom stereocenters. The lowest BCUT2D eigenvalue weighted by molar-refractivity contribution is -0.145. The molecule has 0 aromatic carbocycles. The minimum absolute atomic E-state index is 0.0232. The highest BCUT2D eigenvalue weighted by Gasteiger charge is 2.25. The standard InChI is InChI=1S/C8H14N2O2/c1-6(2)10-7(11)3-4-9-5-8(10)12/h6,9H,3-5H2,1-2H3. The largest absolute Gasteiger partial charge is 0.308 e. The summed E-state index contributed by atoms with van der Waals surface area (Å²) in [5.74, 6) is -0.187. The molecule has 1 saturated heterocycles. The molecule has 1 fully saturated rings. The zero-order valence-corrected chi connectivity index (χ0v) is 7.46. The Hall–Kier alpha value is -0.900. The Morgan fingerprint density at radius 2 is 2.00 bits per heavy atom. The molecule has 12 heavy (non-hydrogen) atoms. The van der Waals surface area contributed by atoms with Gasteiger partial charge in [-0.2, -0.15) is 0 Å². The molecular formula is C8H14N2O2. The second-order valence-corrected chi connectivity index (χ2v) is 3.18. The van der Waals surface area contributed by atoms with Crippen LogP contribution in [0, 0.1) is 0 Å². The lowest BCUT2D eigenvalue weighted by Crippen LogP contribution is -2.42. The number of hydrogen-bond donors (Lipinski definition) is 1. The van der Waals surface area contributed by atoms with Gasteiger partial charge in [0.15, 0.2) is 0 Å². The molecule has 1 rings (SSSR count). The van der Waals surface area contributed by atoms with Gasteiger partial charge in [0.05, 0.1) is 6.54 Å². The molecular weight excluding hydrogens is 156 g/mol. The van der Waals surface area contributed by atoms with Crippen LogP contribution in [0.5, 0.6) is 0 Å². The molecule has 0 radical (unpaired) electrons. The van der Waals surface area contributed by atoms with E-state index >= 15 is 0 Å². The molecule has 1 aliphatic rings. The van der Waals surface area contributed by atoms with E-state index in [4.69, 9.17) is 0 Å². The van der Waals surface area contributed by atoms with Crippen LogP contribution in [-0.4, -0.2) is 35.8 Å².